The average Bonchev–Trinajstić information content (AvgIpc) is 3.85. The highest BCUT2D eigenvalue weighted by Gasteiger charge is 2.19. The lowest BCUT2D eigenvalue weighted by molar-refractivity contribution is 0.670. The van der Waals surface area contributed by atoms with Crippen molar-refractivity contribution in [3.05, 3.63) is 194 Å². The summed E-state index contributed by atoms with van der Waals surface area (Å²) in [5.41, 5.74) is 14.3. The molecule has 262 valence electrons. The van der Waals surface area contributed by atoms with Crippen molar-refractivity contribution in [1.29, 1.82) is 0 Å². The molecule has 0 spiro atoms. The van der Waals surface area contributed by atoms with Gasteiger partial charge in [-0.1, -0.05) is 158 Å². The summed E-state index contributed by atoms with van der Waals surface area (Å²) in [6, 6.07) is 67.3. The van der Waals surface area contributed by atoms with Crippen molar-refractivity contribution >= 4 is 43.9 Å². The minimum Gasteiger partial charge on any atom is -0.455 e. The maximum absolute atomic E-state index is 6.60. The quantitative estimate of drug-likeness (QED) is 0.172. The van der Waals surface area contributed by atoms with E-state index in [0.717, 1.165) is 105 Å². The van der Waals surface area contributed by atoms with E-state index >= 15 is 0 Å². The van der Waals surface area contributed by atoms with Crippen LogP contribution in [0, 0.1) is 0 Å². The molecule has 0 saturated heterocycles. The first-order chi connectivity index (χ1) is 27.7. The van der Waals surface area contributed by atoms with E-state index in [4.69, 9.17) is 18.8 Å². The van der Waals surface area contributed by atoms with Crippen LogP contribution >= 0.6 is 0 Å². The van der Waals surface area contributed by atoms with E-state index in [2.05, 4.69) is 146 Å². The lowest BCUT2D eigenvalue weighted by atomic mass is 9.92. The SMILES string of the molecule is c1ccc(-c2nc(-c3cc(-c4cccc5c4oc4ccccc45)cc(-c4cccc5c4oc4ccccc45)c3)cc(-c3ccccc3-c3ccccc3)n2)cc1. The van der Waals surface area contributed by atoms with Gasteiger partial charge in [-0.15, -0.1) is 0 Å². The van der Waals surface area contributed by atoms with Crippen molar-refractivity contribution in [1.82, 2.24) is 9.97 Å². The van der Waals surface area contributed by atoms with Crippen molar-refractivity contribution in [3.63, 3.8) is 0 Å². The highest BCUT2D eigenvalue weighted by molar-refractivity contribution is 6.11. The summed E-state index contributed by atoms with van der Waals surface area (Å²) < 4.78 is 13.2. The molecule has 0 atom stereocenters. The predicted molar refractivity (Wildman–Crippen MR) is 229 cm³/mol. The summed E-state index contributed by atoms with van der Waals surface area (Å²) >= 11 is 0. The molecule has 11 rings (SSSR count). The first-order valence-electron chi connectivity index (χ1n) is 18.8. The second-order valence-corrected chi connectivity index (χ2v) is 14.1. The Morgan fingerprint density at radius 1 is 0.286 bits per heavy atom. The number of rotatable bonds is 6. The molecule has 4 heteroatoms. The van der Waals surface area contributed by atoms with Crippen LogP contribution in [0.1, 0.15) is 0 Å². The second-order valence-electron chi connectivity index (χ2n) is 14.1. The van der Waals surface area contributed by atoms with E-state index in [9.17, 15) is 0 Å². The van der Waals surface area contributed by atoms with Gasteiger partial charge in [-0.25, -0.2) is 9.97 Å². The highest BCUT2D eigenvalue weighted by Crippen LogP contribution is 2.42. The lowest BCUT2D eigenvalue weighted by Gasteiger charge is -2.15. The zero-order chi connectivity index (χ0) is 37.0. The van der Waals surface area contributed by atoms with Crippen LogP contribution < -0.4 is 0 Å². The molecule has 0 aliphatic heterocycles. The van der Waals surface area contributed by atoms with Gasteiger partial charge in [0.05, 0.1) is 11.4 Å². The number of para-hydroxylation sites is 4. The maximum Gasteiger partial charge on any atom is 0.160 e. The fourth-order valence-electron chi connectivity index (χ4n) is 8.06. The summed E-state index contributed by atoms with van der Waals surface area (Å²) in [7, 11) is 0. The molecule has 3 aromatic heterocycles. The molecule has 0 fully saturated rings. The minimum absolute atomic E-state index is 0.659. The molecule has 56 heavy (non-hydrogen) atoms. The fraction of sp³-hybridized carbons (Fsp3) is 0. The van der Waals surface area contributed by atoms with Crippen molar-refractivity contribution in [3.8, 4) is 67.3 Å². The average molecular weight is 717 g/mol. The van der Waals surface area contributed by atoms with Gasteiger partial charge in [-0.2, -0.15) is 0 Å². The maximum atomic E-state index is 6.60. The van der Waals surface area contributed by atoms with Crippen LogP contribution in [0.4, 0.5) is 0 Å². The van der Waals surface area contributed by atoms with Crippen LogP contribution in [-0.2, 0) is 0 Å². The van der Waals surface area contributed by atoms with E-state index in [0.29, 0.717) is 5.82 Å². The third-order valence-electron chi connectivity index (χ3n) is 10.7. The lowest BCUT2D eigenvalue weighted by Crippen LogP contribution is -1.97. The third-order valence-corrected chi connectivity index (χ3v) is 10.7. The van der Waals surface area contributed by atoms with Gasteiger partial charge in [0.2, 0.25) is 0 Å². The third kappa shape index (κ3) is 5.39. The molecular weight excluding hydrogens is 685 g/mol. The van der Waals surface area contributed by atoms with Gasteiger partial charge in [0.25, 0.3) is 0 Å². The van der Waals surface area contributed by atoms with Gasteiger partial charge >= 0.3 is 0 Å². The molecule has 3 heterocycles. The van der Waals surface area contributed by atoms with Gasteiger partial charge in [-0.3, -0.25) is 0 Å². The Balaban J connectivity index is 1.19. The molecule has 0 radical (unpaired) electrons. The number of nitrogens with zero attached hydrogens (tertiary/aromatic N) is 2. The Morgan fingerprint density at radius 3 is 1.34 bits per heavy atom. The molecule has 8 aromatic carbocycles. The number of hydrogen-bond donors (Lipinski definition) is 0. The van der Waals surface area contributed by atoms with Gasteiger partial charge in [0.1, 0.15) is 22.3 Å². The summed E-state index contributed by atoms with van der Waals surface area (Å²) in [5.74, 6) is 0.659. The highest BCUT2D eigenvalue weighted by atomic mass is 16.3. The number of benzene rings is 8. The minimum atomic E-state index is 0.659. The molecule has 0 aliphatic rings. The van der Waals surface area contributed by atoms with E-state index in [1.54, 1.807) is 0 Å². The van der Waals surface area contributed by atoms with Crippen molar-refractivity contribution < 1.29 is 8.83 Å². The number of hydrogen-bond acceptors (Lipinski definition) is 4. The molecule has 4 nitrogen and oxygen atoms in total. The van der Waals surface area contributed by atoms with Crippen molar-refractivity contribution in [2.45, 2.75) is 0 Å². The molecule has 0 bridgehead atoms. The summed E-state index contributed by atoms with van der Waals surface area (Å²) in [4.78, 5) is 10.5. The normalized spacial score (nSPS) is 11.6. The molecule has 0 unspecified atom stereocenters. The van der Waals surface area contributed by atoms with Crippen LogP contribution in [0.2, 0.25) is 0 Å². The second kappa shape index (κ2) is 13.1. The van der Waals surface area contributed by atoms with E-state index in [1.165, 1.54) is 0 Å². The number of furan rings is 2. The van der Waals surface area contributed by atoms with E-state index in [1.807, 2.05) is 48.5 Å². The van der Waals surface area contributed by atoms with Gasteiger partial charge < -0.3 is 8.83 Å². The Labute approximate surface area is 323 Å². The van der Waals surface area contributed by atoms with Gasteiger partial charge in [0.15, 0.2) is 5.82 Å². The van der Waals surface area contributed by atoms with Crippen LogP contribution in [0.15, 0.2) is 203 Å². The topological polar surface area (TPSA) is 52.1 Å². The Hall–Kier alpha value is -7.56. The van der Waals surface area contributed by atoms with Crippen LogP contribution in [0.3, 0.4) is 0 Å². The predicted octanol–water partition coefficient (Wildman–Crippen LogP) is 14.3. The smallest absolute Gasteiger partial charge is 0.160 e. The summed E-state index contributed by atoms with van der Waals surface area (Å²) in [5, 5.41) is 4.35. The molecule has 0 N–H and O–H groups in total. The molecular formula is C52H32N2O2. The van der Waals surface area contributed by atoms with Gasteiger partial charge in [0, 0.05) is 49.4 Å². The fourth-order valence-corrected chi connectivity index (χ4v) is 8.06. The first-order valence-corrected chi connectivity index (χ1v) is 18.8. The van der Waals surface area contributed by atoms with E-state index < -0.39 is 0 Å². The molecule has 0 amide bonds. The van der Waals surface area contributed by atoms with Crippen LogP contribution in [0.25, 0.3) is 111 Å². The zero-order valence-electron chi connectivity index (χ0n) is 30.2. The van der Waals surface area contributed by atoms with E-state index in [-0.39, 0.29) is 0 Å². The Kier molecular flexibility index (Phi) is 7.46. The number of fused-ring (bicyclic) bond motifs is 6. The van der Waals surface area contributed by atoms with Crippen molar-refractivity contribution in [2.75, 3.05) is 0 Å². The summed E-state index contributed by atoms with van der Waals surface area (Å²) in [6.07, 6.45) is 0. The van der Waals surface area contributed by atoms with Gasteiger partial charge in [-0.05, 0) is 58.7 Å². The summed E-state index contributed by atoms with van der Waals surface area (Å²) in [6.45, 7) is 0. The first kappa shape index (κ1) is 31.9. The van der Waals surface area contributed by atoms with Crippen LogP contribution in [0.5, 0.6) is 0 Å². The number of aromatic nitrogens is 2. The largest absolute Gasteiger partial charge is 0.455 e. The monoisotopic (exact) mass is 716 g/mol. The molecule has 0 saturated carbocycles. The Morgan fingerprint density at radius 2 is 0.732 bits per heavy atom. The zero-order valence-corrected chi connectivity index (χ0v) is 30.2. The van der Waals surface area contributed by atoms with Crippen molar-refractivity contribution in [2.24, 2.45) is 0 Å². The molecule has 0 aliphatic carbocycles. The molecule has 11 aromatic rings. The Bertz CT molecular complexity index is 3120. The standard InChI is InChI=1S/C52H32N2O2/c1-3-15-33(16-4-1)38-19-7-8-20-41(38)47-32-46(53-52(54-47)34-17-5-2-6-18-34)37-30-35(39-23-13-25-44-42-21-9-11-27-48(42)55-50(39)44)29-36(31-37)40-24-14-26-45-43-22-10-12-28-49(43)56-51(40)45/h1-32H. The van der Waals surface area contributed by atoms with Crippen LogP contribution in [-0.4, -0.2) is 9.97 Å².